The fraction of sp³-hybridized carbons (Fsp3) is 0.467. The van der Waals surface area contributed by atoms with Gasteiger partial charge in [0, 0.05) is 12.2 Å². The Morgan fingerprint density at radius 1 is 1.33 bits per heavy atom. The van der Waals surface area contributed by atoms with Gasteiger partial charge in [-0.25, -0.2) is 4.79 Å². The van der Waals surface area contributed by atoms with Gasteiger partial charge in [-0.05, 0) is 37.5 Å². The molecule has 2 N–H and O–H groups in total. The van der Waals surface area contributed by atoms with Crippen molar-refractivity contribution < 1.29 is 14.7 Å². The van der Waals surface area contributed by atoms with Crippen molar-refractivity contribution in [1.82, 2.24) is 5.32 Å². The summed E-state index contributed by atoms with van der Waals surface area (Å²) >= 11 is 1.56. The van der Waals surface area contributed by atoms with Gasteiger partial charge in [-0.3, -0.25) is 4.79 Å². The first-order valence-electron chi connectivity index (χ1n) is 6.89. The maximum absolute atomic E-state index is 12.0. The molecule has 1 rings (SSSR count). The SMILES string of the molecule is CCN(CC(=O)NC(CCSC)C(=O)O)c1ccccc1. The van der Waals surface area contributed by atoms with E-state index in [9.17, 15) is 9.59 Å². The van der Waals surface area contributed by atoms with Crippen LogP contribution >= 0.6 is 11.8 Å². The largest absolute Gasteiger partial charge is 0.480 e. The maximum atomic E-state index is 12.0. The molecular formula is C15H22N2O3S. The number of hydrogen-bond donors (Lipinski definition) is 2. The summed E-state index contributed by atoms with van der Waals surface area (Å²) in [6.07, 6.45) is 2.34. The summed E-state index contributed by atoms with van der Waals surface area (Å²) in [5, 5.41) is 11.7. The smallest absolute Gasteiger partial charge is 0.326 e. The predicted molar refractivity (Wildman–Crippen MR) is 86.9 cm³/mol. The van der Waals surface area contributed by atoms with Gasteiger partial charge in [0.1, 0.15) is 6.04 Å². The Kier molecular flexibility index (Phi) is 7.68. The van der Waals surface area contributed by atoms with E-state index in [4.69, 9.17) is 5.11 Å². The van der Waals surface area contributed by atoms with Crippen molar-refractivity contribution in [2.45, 2.75) is 19.4 Å². The van der Waals surface area contributed by atoms with E-state index in [0.717, 1.165) is 5.69 Å². The zero-order valence-electron chi connectivity index (χ0n) is 12.4. The Labute approximate surface area is 129 Å². The molecule has 0 saturated carbocycles. The molecule has 0 aliphatic heterocycles. The van der Waals surface area contributed by atoms with Gasteiger partial charge >= 0.3 is 5.97 Å². The minimum atomic E-state index is -0.986. The lowest BCUT2D eigenvalue weighted by atomic mass is 10.2. The van der Waals surface area contributed by atoms with Crippen LogP contribution in [0, 0.1) is 0 Å². The summed E-state index contributed by atoms with van der Waals surface area (Å²) in [6, 6.07) is 8.78. The zero-order valence-corrected chi connectivity index (χ0v) is 13.2. The van der Waals surface area contributed by atoms with Crippen LogP contribution in [-0.2, 0) is 9.59 Å². The number of hydrogen-bond acceptors (Lipinski definition) is 4. The van der Waals surface area contributed by atoms with E-state index in [1.54, 1.807) is 11.8 Å². The highest BCUT2D eigenvalue weighted by Gasteiger charge is 2.20. The van der Waals surface area contributed by atoms with Crippen LogP contribution in [0.15, 0.2) is 30.3 Å². The van der Waals surface area contributed by atoms with Gasteiger partial charge in [-0.1, -0.05) is 18.2 Å². The van der Waals surface area contributed by atoms with Gasteiger partial charge in [0.25, 0.3) is 0 Å². The highest BCUT2D eigenvalue weighted by Crippen LogP contribution is 2.12. The number of carbonyl (C=O) groups excluding carboxylic acids is 1. The van der Waals surface area contributed by atoms with Gasteiger partial charge < -0.3 is 15.3 Å². The minimum absolute atomic E-state index is 0.156. The number of benzene rings is 1. The van der Waals surface area contributed by atoms with Gasteiger partial charge in [0.15, 0.2) is 0 Å². The van der Waals surface area contributed by atoms with Crippen molar-refractivity contribution in [2.24, 2.45) is 0 Å². The van der Waals surface area contributed by atoms with Crippen LogP contribution < -0.4 is 10.2 Å². The number of nitrogens with zero attached hydrogens (tertiary/aromatic N) is 1. The van der Waals surface area contributed by atoms with Crippen LogP contribution in [0.25, 0.3) is 0 Å². The second kappa shape index (κ2) is 9.28. The van der Waals surface area contributed by atoms with Crippen LogP contribution in [-0.4, -0.2) is 48.1 Å². The molecular weight excluding hydrogens is 288 g/mol. The molecule has 0 spiro atoms. The Bertz CT molecular complexity index is 453. The molecule has 1 amide bonds. The zero-order chi connectivity index (χ0) is 15.7. The molecule has 0 aliphatic carbocycles. The standard InChI is InChI=1S/C15H22N2O3S/c1-3-17(12-7-5-4-6-8-12)11-14(18)16-13(15(19)20)9-10-21-2/h4-8,13H,3,9-11H2,1-2H3,(H,16,18)(H,19,20). The summed E-state index contributed by atoms with van der Waals surface area (Å²) < 4.78 is 0. The van der Waals surface area contributed by atoms with E-state index in [1.807, 2.05) is 48.4 Å². The molecule has 6 heteroatoms. The molecule has 21 heavy (non-hydrogen) atoms. The van der Waals surface area contributed by atoms with Crippen LogP contribution in [0.4, 0.5) is 5.69 Å². The van der Waals surface area contributed by atoms with Crippen LogP contribution in [0.3, 0.4) is 0 Å². The number of aliphatic carboxylic acids is 1. The first-order valence-corrected chi connectivity index (χ1v) is 8.29. The highest BCUT2D eigenvalue weighted by molar-refractivity contribution is 7.98. The Balaban J connectivity index is 2.59. The number of thioether (sulfide) groups is 1. The van der Waals surface area contributed by atoms with Crippen LogP contribution in [0.1, 0.15) is 13.3 Å². The average Bonchev–Trinajstić information content (AvgIpc) is 2.49. The lowest BCUT2D eigenvalue weighted by Crippen LogP contribution is -2.46. The first-order chi connectivity index (χ1) is 10.1. The third-order valence-electron chi connectivity index (χ3n) is 3.08. The van der Waals surface area contributed by atoms with Crippen molar-refractivity contribution in [3.63, 3.8) is 0 Å². The monoisotopic (exact) mass is 310 g/mol. The summed E-state index contributed by atoms with van der Waals surface area (Å²) in [6.45, 7) is 2.80. The number of nitrogens with one attached hydrogen (secondary N) is 1. The summed E-state index contributed by atoms with van der Waals surface area (Å²) in [4.78, 5) is 25.1. The van der Waals surface area contributed by atoms with E-state index in [1.165, 1.54) is 0 Å². The van der Waals surface area contributed by atoms with Gasteiger partial charge in [-0.2, -0.15) is 11.8 Å². The summed E-state index contributed by atoms with van der Waals surface area (Å²) in [7, 11) is 0. The molecule has 0 bridgehead atoms. The van der Waals surface area contributed by atoms with Gasteiger partial charge in [-0.15, -0.1) is 0 Å². The van der Waals surface area contributed by atoms with E-state index in [-0.39, 0.29) is 12.5 Å². The fourth-order valence-electron chi connectivity index (χ4n) is 1.93. The van der Waals surface area contributed by atoms with Gasteiger partial charge in [0.2, 0.25) is 5.91 Å². The molecule has 0 fully saturated rings. The molecule has 1 unspecified atom stereocenters. The maximum Gasteiger partial charge on any atom is 0.326 e. The Morgan fingerprint density at radius 2 is 2.00 bits per heavy atom. The lowest BCUT2D eigenvalue weighted by Gasteiger charge is -2.23. The number of likely N-dealkylation sites (N-methyl/N-ethyl adjacent to an activating group) is 1. The molecule has 0 aliphatic rings. The second-order valence-electron chi connectivity index (χ2n) is 4.59. The number of carboxylic acid groups (broad SMARTS) is 1. The molecule has 0 radical (unpaired) electrons. The molecule has 1 aromatic rings. The van der Waals surface area contributed by atoms with E-state index >= 15 is 0 Å². The van der Waals surface area contributed by atoms with Crippen molar-refractivity contribution in [1.29, 1.82) is 0 Å². The molecule has 0 saturated heterocycles. The summed E-state index contributed by atoms with van der Waals surface area (Å²) in [5.74, 6) is -0.553. The molecule has 0 heterocycles. The third-order valence-corrected chi connectivity index (χ3v) is 3.73. The molecule has 1 atom stereocenters. The average molecular weight is 310 g/mol. The van der Waals surface area contributed by atoms with Crippen molar-refractivity contribution >= 4 is 29.3 Å². The topological polar surface area (TPSA) is 69.6 Å². The number of amides is 1. The van der Waals surface area contributed by atoms with Crippen molar-refractivity contribution in [3.05, 3.63) is 30.3 Å². The van der Waals surface area contributed by atoms with E-state index in [0.29, 0.717) is 18.7 Å². The number of carboxylic acids is 1. The van der Waals surface area contributed by atoms with Crippen molar-refractivity contribution in [3.8, 4) is 0 Å². The van der Waals surface area contributed by atoms with Gasteiger partial charge in [0.05, 0.1) is 6.54 Å². The first kappa shape index (κ1) is 17.4. The Morgan fingerprint density at radius 3 is 2.52 bits per heavy atom. The van der Waals surface area contributed by atoms with E-state index < -0.39 is 12.0 Å². The third kappa shape index (κ3) is 6.08. The quantitative estimate of drug-likeness (QED) is 0.728. The Hall–Kier alpha value is -1.69. The van der Waals surface area contributed by atoms with Crippen LogP contribution in [0.2, 0.25) is 0 Å². The lowest BCUT2D eigenvalue weighted by molar-refractivity contribution is -0.141. The number of rotatable bonds is 9. The number of carbonyl (C=O) groups is 2. The molecule has 116 valence electrons. The molecule has 5 nitrogen and oxygen atoms in total. The van der Waals surface area contributed by atoms with Crippen LogP contribution in [0.5, 0.6) is 0 Å². The minimum Gasteiger partial charge on any atom is -0.480 e. The van der Waals surface area contributed by atoms with E-state index in [2.05, 4.69) is 5.32 Å². The number of anilines is 1. The summed E-state index contributed by atoms with van der Waals surface area (Å²) in [5.41, 5.74) is 0.950. The van der Waals surface area contributed by atoms with Crippen molar-refractivity contribution in [2.75, 3.05) is 30.0 Å². The number of para-hydroxylation sites is 1. The normalized spacial score (nSPS) is 11.7. The fourth-order valence-corrected chi connectivity index (χ4v) is 2.40. The molecule has 1 aromatic carbocycles. The highest BCUT2D eigenvalue weighted by atomic mass is 32.2. The predicted octanol–water partition coefficient (Wildman–Crippen LogP) is 1.84. The molecule has 0 aromatic heterocycles. The second-order valence-corrected chi connectivity index (χ2v) is 5.58.